The number of carbonyl (C=O) groups excluding carboxylic acids is 1. The van der Waals surface area contributed by atoms with Gasteiger partial charge in [-0.1, -0.05) is 19.6 Å². The van der Waals surface area contributed by atoms with Crippen LogP contribution in [0.25, 0.3) is 0 Å². The predicted molar refractivity (Wildman–Crippen MR) is 59.9 cm³/mol. The monoisotopic (exact) mass is 236 g/mol. The minimum absolute atomic E-state index is 0.661. The molecule has 0 rings (SSSR count). The SMILES string of the molecule is C[Si](C)(C)OOC(=O)C(O)[Si](C)(C)C. The Balaban J connectivity index is 4.11. The van der Waals surface area contributed by atoms with Crippen molar-refractivity contribution in [1.29, 1.82) is 0 Å². The summed E-state index contributed by atoms with van der Waals surface area (Å²) < 4.78 is 4.96. The van der Waals surface area contributed by atoms with E-state index in [0.717, 1.165) is 0 Å². The van der Waals surface area contributed by atoms with Crippen molar-refractivity contribution in [2.45, 2.75) is 45.0 Å². The Labute approximate surface area is 87.3 Å². The average molecular weight is 236 g/mol. The molecule has 84 valence electrons. The van der Waals surface area contributed by atoms with Gasteiger partial charge in [0.25, 0.3) is 0 Å². The van der Waals surface area contributed by atoms with E-state index in [2.05, 4.69) is 4.89 Å². The molecule has 0 radical (unpaired) electrons. The molecule has 1 unspecified atom stereocenters. The van der Waals surface area contributed by atoms with Crippen molar-refractivity contribution in [3.8, 4) is 0 Å². The van der Waals surface area contributed by atoms with E-state index in [-0.39, 0.29) is 0 Å². The average Bonchev–Trinajstić information content (AvgIpc) is 1.95. The number of rotatable bonds is 4. The highest BCUT2D eigenvalue weighted by Gasteiger charge is 2.34. The fourth-order valence-electron chi connectivity index (χ4n) is 0.565. The first-order valence-corrected chi connectivity index (χ1v) is 11.6. The Morgan fingerprint density at radius 2 is 1.57 bits per heavy atom. The van der Waals surface area contributed by atoms with Crippen molar-refractivity contribution in [1.82, 2.24) is 0 Å². The van der Waals surface area contributed by atoms with Crippen LogP contribution in [-0.2, 0) is 14.3 Å². The molecule has 0 aromatic rings. The highest BCUT2D eigenvalue weighted by molar-refractivity contribution is 6.80. The first-order valence-electron chi connectivity index (χ1n) is 4.61. The lowest BCUT2D eigenvalue weighted by Crippen LogP contribution is -2.46. The molecule has 0 aromatic carbocycles. The minimum atomic E-state index is -1.90. The number of aliphatic hydroxyl groups is 1. The van der Waals surface area contributed by atoms with Gasteiger partial charge in [0.05, 0.1) is 8.07 Å². The topological polar surface area (TPSA) is 55.8 Å². The van der Waals surface area contributed by atoms with Crippen LogP contribution >= 0.6 is 0 Å². The molecule has 4 nitrogen and oxygen atoms in total. The van der Waals surface area contributed by atoms with Gasteiger partial charge >= 0.3 is 5.97 Å². The maximum absolute atomic E-state index is 11.3. The molecule has 0 fully saturated rings. The van der Waals surface area contributed by atoms with Crippen LogP contribution < -0.4 is 0 Å². The second-order valence-corrected chi connectivity index (χ2v) is 15.0. The van der Waals surface area contributed by atoms with Gasteiger partial charge in [-0.15, -0.1) is 0 Å². The maximum atomic E-state index is 11.3. The maximum Gasteiger partial charge on any atom is 0.365 e. The fourth-order valence-corrected chi connectivity index (χ4v) is 1.65. The van der Waals surface area contributed by atoms with Crippen LogP contribution in [-0.4, -0.2) is 33.2 Å². The van der Waals surface area contributed by atoms with E-state index in [1.807, 2.05) is 39.3 Å². The van der Waals surface area contributed by atoms with Crippen LogP contribution in [0.4, 0.5) is 0 Å². The van der Waals surface area contributed by atoms with Crippen LogP contribution in [0, 0.1) is 0 Å². The van der Waals surface area contributed by atoms with E-state index in [1.54, 1.807) is 0 Å². The lowest BCUT2D eigenvalue weighted by atomic mass is 10.7. The van der Waals surface area contributed by atoms with Crippen LogP contribution in [0.2, 0.25) is 39.3 Å². The van der Waals surface area contributed by atoms with Crippen molar-refractivity contribution < 1.29 is 19.4 Å². The molecule has 0 bridgehead atoms. The summed E-state index contributed by atoms with van der Waals surface area (Å²) >= 11 is 0. The van der Waals surface area contributed by atoms with Gasteiger partial charge in [0.2, 0.25) is 8.32 Å². The fraction of sp³-hybridized carbons (Fsp3) is 0.875. The third kappa shape index (κ3) is 5.53. The summed E-state index contributed by atoms with van der Waals surface area (Å²) in [6.45, 7) is 11.4. The molecule has 0 aromatic heterocycles. The Morgan fingerprint density at radius 1 is 1.14 bits per heavy atom. The highest BCUT2D eigenvalue weighted by atomic mass is 28.4. The molecule has 0 heterocycles. The summed E-state index contributed by atoms with van der Waals surface area (Å²) in [5, 5.41) is 9.57. The van der Waals surface area contributed by atoms with Gasteiger partial charge < -0.3 is 9.99 Å². The van der Waals surface area contributed by atoms with E-state index in [1.165, 1.54) is 0 Å². The summed E-state index contributed by atoms with van der Waals surface area (Å²) in [7, 11) is -3.77. The third-order valence-electron chi connectivity index (χ3n) is 1.42. The quantitative estimate of drug-likeness (QED) is 0.457. The second-order valence-electron chi connectivity index (χ2n) is 5.37. The molecule has 0 aliphatic heterocycles. The number of hydrogen-bond acceptors (Lipinski definition) is 4. The van der Waals surface area contributed by atoms with E-state index in [0.29, 0.717) is 0 Å². The molecule has 0 amide bonds. The smallest absolute Gasteiger partial charge is 0.365 e. The van der Waals surface area contributed by atoms with Crippen molar-refractivity contribution >= 4 is 22.4 Å². The van der Waals surface area contributed by atoms with Gasteiger partial charge in [-0.25, -0.2) is 9.37 Å². The second kappa shape index (κ2) is 4.56. The van der Waals surface area contributed by atoms with E-state index >= 15 is 0 Å². The molecule has 0 spiro atoms. The Bertz CT molecular complexity index is 204. The standard InChI is InChI=1S/C8H20O4Si2/c1-13(2,3)8(10)7(9)11-12-14(4,5)6/h8,10H,1-6H3. The predicted octanol–water partition coefficient (Wildman–Crippen LogP) is 1.53. The Kier molecular flexibility index (Phi) is 4.50. The Hall–Kier alpha value is -0.176. The van der Waals surface area contributed by atoms with Crippen molar-refractivity contribution in [2.75, 3.05) is 0 Å². The molecule has 6 heteroatoms. The zero-order valence-electron chi connectivity index (χ0n) is 9.75. The zero-order valence-corrected chi connectivity index (χ0v) is 11.7. The minimum Gasteiger partial charge on any atom is -0.385 e. The Morgan fingerprint density at radius 3 is 1.86 bits per heavy atom. The summed E-state index contributed by atoms with van der Waals surface area (Å²) in [6.07, 6.45) is 0. The highest BCUT2D eigenvalue weighted by Crippen LogP contribution is 2.11. The van der Waals surface area contributed by atoms with Crippen LogP contribution in [0.5, 0.6) is 0 Å². The van der Waals surface area contributed by atoms with Crippen molar-refractivity contribution in [3.63, 3.8) is 0 Å². The number of carbonyl (C=O) groups is 1. The number of aliphatic hydroxyl groups excluding tert-OH is 1. The van der Waals surface area contributed by atoms with Crippen molar-refractivity contribution in [2.24, 2.45) is 0 Å². The normalized spacial score (nSPS) is 15.1. The molecule has 0 aliphatic rings. The molecular weight excluding hydrogens is 216 g/mol. The molecular formula is C8H20O4Si2. The van der Waals surface area contributed by atoms with Gasteiger partial charge in [0.1, 0.15) is 5.73 Å². The molecule has 0 saturated heterocycles. The first kappa shape index (κ1) is 13.8. The largest absolute Gasteiger partial charge is 0.385 e. The zero-order chi connectivity index (χ0) is 11.6. The van der Waals surface area contributed by atoms with Crippen LogP contribution in [0.1, 0.15) is 0 Å². The molecule has 1 atom stereocenters. The van der Waals surface area contributed by atoms with Crippen LogP contribution in [0.3, 0.4) is 0 Å². The van der Waals surface area contributed by atoms with Gasteiger partial charge in [-0.3, -0.25) is 0 Å². The lowest BCUT2D eigenvalue weighted by Gasteiger charge is -2.23. The molecule has 0 aliphatic carbocycles. The molecule has 14 heavy (non-hydrogen) atoms. The van der Waals surface area contributed by atoms with E-state index < -0.39 is 28.1 Å². The van der Waals surface area contributed by atoms with Gasteiger partial charge in [-0.2, -0.15) is 0 Å². The summed E-state index contributed by atoms with van der Waals surface area (Å²) in [5.41, 5.74) is -1.01. The first-order chi connectivity index (χ1) is 6.04. The summed E-state index contributed by atoms with van der Waals surface area (Å²) in [6, 6.07) is 0. The molecule has 0 saturated carbocycles. The summed E-state index contributed by atoms with van der Waals surface area (Å²) in [5.74, 6) is -0.661. The van der Waals surface area contributed by atoms with Crippen molar-refractivity contribution in [3.05, 3.63) is 0 Å². The summed E-state index contributed by atoms with van der Waals surface area (Å²) in [4.78, 5) is 15.9. The van der Waals surface area contributed by atoms with Crippen LogP contribution in [0.15, 0.2) is 0 Å². The molecule has 1 N–H and O–H groups in total. The third-order valence-corrected chi connectivity index (χ3v) is 3.88. The number of hydrogen-bond donors (Lipinski definition) is 1. The van der Waals surface area contributed by atoms with Gasteiger partial charge in [0, 0.05) is 0 Å². The lowest BCUT2D eigenvalue weighted by molar-refractivity contribution is -0.225. The van der Waals surface area contributed by atoms with E-state index in [9.17, 15) is 9.90 Å². The van der Waals surface area contributed by atoms with Gasteiger partial charge in [0.15, 0.2) is 0 Å². The van der Waals surface area contributed by atoms with E-state index in [4.69, 9.17) is 4.58 Å². The van der Waals surface area contributed by atoms with Gasteiger partial charge in [-0.05, 0) is 19.6 Å².